The number of rotatable bonds is 7. The van der Waals surface area contributed by atoms with E-state index in [1.54, 1.807) is 12.1 Å². The third kappa shape index (κ3) is 6.34. The van der Waals surface area contributed by atoms with Crippen LogP contribution in [-0.2, 0) is 14.3 Å². The Kier molecular flexibility index (Phi) is 8.41. The summed E-state index contributed by atoms with van der Waals surface area (Å²) in [5.74, 6) is -3.03. The molecular formula is C30H28O13. The van der Waals surface area contributed by atoms with Crippen LogP contribution in [0.25, 0.3) is 6.08 Å². The molecule has 0 bridgehead atoms. The Balaban J connectivity index is 1.28. The largest absolute Gasteiger partial charge is 0.508 e. The lowest BCUT2D eigenvalue weighted by Crippen LogP contribution is -2.60. The SMILES string of the molecule is O=C(C=Cc1ccc(O)cc1)OCC1OC(Oc2ccc3c(c2O)OC(c2ccc(O)c(O)c2)CC3=O)C(O)C(O)C1O. The summed E-state index contributed by atoms with van der Waals surface area (Å²) in [5, 5.41) is 71.0. The van der Waals surface area contributed by atoms with Crippen molar-refractivity contribution in [1.82, 2.24) is 0 Å². The minimum absolute atomic E-state index is 0.0508. The molecule has 7 N–H and O–H groups in total. The van der Waals surface area contributed by atoms with E-state index >= 15 is 0 Å². The number of phenols is 4. The number of ether oxygens (including phenoxy) is 4. The van der Waals surface area contributed by atoms with E-state index in [0.717, 1.165) is 6.08 Å². The highest BCUT2D eigenvalue weighted by Crippen LogP contribution is 2.46. The first-order valence-electron chi connectivity index (χ1n) is 13.1. The molecule has 2 heterocycles. The highest BCUT2D eigenvalue weighted by atomic mass is 16.7. The van der Waals surface area contributed by atoms with Crippen molar-refractivity contribution in [2.24, 2.45) is 0 Å². The Morgan fingerprint density at radius 1 is 0.907 bits per heavy atom. The summed E-state index contributed by atoms with van der Waals surface area (Å²) >= 11 is 0. The summed E-state index contributed by atoms with van der Waals surface area (Å²) in [4.78, 5) is 25.0. The maximum Gasteiger partial charge on any atom is 0.330 e. The van der Waals surface area contributed by atoms with E-state index in [2.05, 4.69) is 0 Å². The zero-order valence-corrected chi connectivity index (χ0v) is 22.3. The van der Waals surface area contributed by atoms with Gasteiger partial charge in [0.15, 0.2) is 28.8 Å². The Hall–Kier alpha value is -4.82. The first kappa shape index (κ1) is 29.7. The molecule has 0 radical (unpaired) electrons. The van der Waals surface area contributed by atoms with Crippen LogP contribution >= 0.6 is 0 Å². The molecular weight excluding hydrogens is 568 g/mol. The van der Waals surface area contributed by atoms with Gasteiger partial charge in [0.25, 0.3) is 0 Å². The molecule has 0 saturated carbocycles. The summed E-state index contributed by atoms with van der Waals surface area (Å²) in [6, 6.07) is 12.5. The predicted octanol–water partition coefficient (Wildman–Crippen LogP) is 1.66. The van der Waals surface area contributed by atoms with Crippen molar-refractivity contribution in [2.45, 2.75) is 43.2 Å². The van der Waals surface area contributed by atoms with E-state index in [0.29, 0.717) is 11.1 Å². The lowest BCUT2D eigenvalue weighted by molar-refractivity contribution is -0.278. The van der Waals surface area contributed by atoms with Gasteiger partial charge < -0.3 is 54.7 Å². The second kappa shape index (κ2) is 12.2. The van der Waals surface area contributed by atoms with E-state index in [1.807, 2.05) is 0 Å². The molecule has 0 spiro atoms. The van der Waals surface area contributed by atoms with Gasteiger partial charge in [-0.3, -0.25) is 4.79 Å². The number of carbonyl (C=O) groups is 2. The van der Waals surface area contributed by atoms with Crippen LogP contribution in [0.1, 0.15) is 34.0 Å². The Labute approximate surface area is 244 Å². The fourth-order valence-electron chi connectivity index (χ4n) is 4.61. The highest BCUT2D eigenvalue weighted by Gasteiger charge is 2.46. The molecule has 6 unspecified atom stereocenters. The summed E-state index contributed by atoms with van der Waals surface area (Å²) in [7, 11) is 0. The minimum Gasteiger partial charge on any atom is -0.508 e. The second-order valence-electron chi connectivity index (χ2n) is 9.96. The molecule has 0 amide bonds. The van der Waals surface area contributed by atoms with Crippen LogP contribution in [0.2, 0.25) is 0 Å². The topological polar surface area (TPSA) is 213 Å². The molecule has 0 aromatic heterocycles. The van der Waals surface area contributed by atoms with Crippen LogP contribution < -0.4 is 9.47 Å². The summed E-state index contributed by atoms with van der Waals surface area (Å²) < 4.78 is 22.1. The van der Waals surface area contributed by atoms with Gasteiger partial charge in [-0.05, 0) is 53.6 Å². The molecule has 13 heteroatoms. The van der Waals surface area contributed by atoms with Gasteiger partial charge in [0, 0.05) is 6.08 Å². The number of phenolic OH excluding ortho intramolecular Hbond substituents is 4. The zero-order chi connectivity index (χ0) is 30.8. The van der Waals surface area contributed by atoms with Crippen LogP contribution in [0.5, 0.6) is 34.5 Å². The van der Waals surface area contributed by atoms with E-state index in [-0.39, 0.29) is 40.8 Å². The molecule has 0 aliphatic carbocycles. The number of aromatic hydroxyl groups is 4. The molecule has 3 aromatic carbocycles. The molecule has 2 aliphatic heterocycles. The lowest BCUT2D eigenvalue weighted by Gasteiger charge is -2.40. The molecule has 5 rings (SSSR count). The van der Waals surface area contributed by atoms with Crippen molar-refractivity contribution < 1.29 is 64.3 Å². The van der Waals surface area contributed by atoms with Crippen molar-refractivity contribution in [3.8, 4) is 34.5 Å². The van der Waals surface area contributed by atoms with Gasteiger partial charge in [-0.25, -0.2) is 4.79 Å². The molecule has 13 nitrogen and oxygen atoms in total. The number of esters is 1. The standard InChI is InChI=1S/C30H28O13/c31-16-5-1-14(2-6-16)3-10-24(35)40-13-23-25(36)27(38)28(39)30(43-23)42-21-9-7-17-19(33)12-22(41-29(17)26(21)37)15-4-8-18(32)20(34)11-15/h1-11,22-23,25,27-28,30-32,34,36-39H,12-13H2. The monoisotopic (exact) mass is 596 g/mol. The number of hydrogen-bond acceptors (Lipinski definition) is 13. The molecule has 226 valence electrons. The fourth-order valence-corrected chi connectivity index (χ4v) is 4.61. The maximum absolute atomic E-state index is 12.8. The molecule has 1 fully saturated rings. The first-order chi connectivity index (χ1) is 20.5. The Bertz CT molecular complexity index is 1530. The summed E-state index contributed by atoms with van der Waals surface area (Å²) in [6.45, 7) is -0.529. The van der Waals surface area contributed by atoms with Crippen molar-refractivity contribution in [3.05, 3.63) is 77.4 Å². The molecule has 43 heavy (non-hydrogen) atoms. The number of Topliss-reactive ketones (excluding diaryl/α,β-unsaturated/α-hetero) is 1. The van der Waals surface area contributed by atoms with Crippen molar-refractivity contribution in [1.29, 1.82) is 0 Å². The van der Waals surface area contributed by atoms with Crippen molar-refractivity contribution in [3.63, 3.8) is 0 Å². The van der Waals surface area contributed by atoms with Crippen molar-refractivity contribution in [2.75, 3.05) is 6.61 Å². The lowest BCUT2D eigenvalue weighted by atomic mass is 9.95. The third-order valence-corrected chi connectivity index (χ3v) is 7.00. The van der Waals surface area contributed by atoms with Gasteiger partial charge in [0.05, 0.1) is 12.0 Å². The average molecular weight is 597 g/mol. The first-order valence-corrected chi connectivity index (χ1v) is 13.1. The molecule has 6 atom stereocenters. The second-order valence-corrected chi connectivity index (χ2v) is 9.96. The summed E-state index contributed by atoms with van der Waals surface area (Å²) in [6.07, 6.45) is -6.70. The van der Waals surface area contributed by atoms with Gasteiger partial charge in [0.2, 0.25) is 12.0 Å². The van der Waals surface area contributed by atoms with Crippen LogP contribution in [0.4, 0.5) is 0 Å². The summed E-state index contributed by atoms with van der Waals surface area (Å²) in [5.41, 5.74) is 1.02. The van der Waals surface area contributed by atoms with Gasteiger partial charge in [-0.15, -0.1) is 0 Å². The number of benzene rings is 3. The van der Waals surface area contributed by atoms with Crippen LogP contribution in [0.3, 0.4) is 0 Å². The molecule has 2 aliphatic rings. The third-order valence-electron chi connectivity index (χ3n) is 7.00. The number of hydrogen-bond donors (Lipinski definition) is 7. The van der Waals surface area contributed by atoms with Crippen LogP contribution in [0.15, 0.2) is 60.7 Å². The van der Waals surface area contributed by atoms with Gasteiger partial charge >= 0.3 is 5.97 Å². The number of ketones is 1. The van der Waals surface area contributed by atoms with E-state index in [1.165, 1.54) is 48.5 Å². The Morgan fingerprint density at radius 3 is 2.37 bits per heavy atom. The maximum atomic E-state index is 12.8. The number of fused-ring (bicyclic) bond motifs is 1. The van der Waals surface area contributed by atoms with Crippen LogP contribution in [0, 0.1) is 0 Å². The number of carbonyl (C=O) groups excluding carboxylic acids is 2. The number of aliphatic hydroxyl groups is 3. The molecule has 1 saturated heterocycles. The predicted molar refractivity (Wildman–Crippen MR) is 146 cm³/mol. The fraction of sp³-hybridized carbons (Fsp3) is 0.267. The van der Waals surface area contributed by atoms with Gasteiger partial charge in [-0.2, -0.15) is 0 Å². The van der Waals surface area contributed by atoms with Crippen molar-refractivity contribution >= 4 is 17.8 Å². The normalized spacial score (nSPS) is 25.1. The van der Waals surface area contributed by atoms with E-state index in [9.17, 15) is 45.3 Å². The quantitative estimate of drug-likeness (QED) is 0.118. The van der Waals surface area contributed by atoms with E-state index < -0.39 is 60.9 Å². The highest BCUT2D eigenvalue weighted by molar-refractivity contribution is 6.01. The number of aliphatic hydroxyl groups excluding tert-OH is 3. The minimum atomic E-state index is -1.79. The zero-order valence-electron chi connectivity index (χ0n) is 22.3. The molecule has 3 aromatic rings. The van der Waals surface area contributed by atoms with E-state index in [4.69, 9.17) is 18.9 Å². The average Bonchev–Trinajstić information content (AvgIpc) is 2.99. The van der Waals surface area contributed by atoms with Gasteiger partial charge in [-0.1, -0.05) is 18.2 Å². The van der Waals surface area contributed by atoms with Gasteiger partial charge in [0.1, 0.15) is 42.9 Å². The van der Waals surface area contributed by atoms with Crippen LogP contribution in [-0.4, -0.2) is 84.8 Å². The smallest absolute Gasteiger partial charge is 0.330 e. The Morgan fingerprint density at radius 2 is 1.65 bits per heavy atom.